The zero-order valence-electron chi connectivity index (χ0n) is 15.6. The molecule has 1 aromatic carbocycles. The molecule has 26 heavy (non-hydrogen) atoms. The summed E-state index contributed by atoms with van der Waals surface area (Å²) in [4.78, 5) is 12.4. The van der Waals surface area contributed by atoms with Crippen LogP contribution in [-0.2, 0) is 0 Å². The van der Waals surface area contributed by atoms with E-state index in [4.69, 9.17) is 4.74 Å². The van der Waals surface area contributed by atoms with Crippen molar-refractivity contribution < 1.29 is 9.53 Å². The predicted octanol–water partition coefficient (Wildman–Crippen LogP) is 3.48. The first-order valence-corrected chi connectivity index (χ1v) is 9.42. The van der Waals surface area contributed by atoms with Crippen LogP contribution in [-0.4, -0.2) is 35.4 Å². The highest BCUT2D eigenvalue weighted by Gasteiger charge is 2.17. The summed E-state index contributed by atoms with van der Waals surface area (Å²) < 4.78 is 7.59. The van der Waals surface area contributed by atoms with Crippen molar-refractivity contribution in [2.45, 2.75) is 39.2 Å². The number of ether oxygens (including phenoxy) is 1. The SMILES string of the molecule is CC(C)CCOc1ccc(NC(=O)c2ccn(C3CCCNC3)n2)cc1. The third-order valence-corrected chi connectivity index (χ3v) is 4.56. The second-order valence-corrected chi connectivity index (χ2v) is 7.19. The lowest BCUT2D eigenvalue weighted by Crippen LogP contribution is -2.32. The van der Waals surface area contributed by atoms with Gasteiger partial charge in [-0.05, 0) is 62.1 Å². The van der Waals surface area contributed by atoms with E-state index in [1.165, 1.54) is 0 Å². The largest absolute Gasteiger partial charge is 0.494 e. The molecule has 1 aromatic heterocycles. The maximum absolute atomic E-state index is 12.4. The van der Waals surface area contributed by atoms with Gasteiger partial charge in [-0.15, -0.1) is 0 Å². The second-order valence-electron chi connectivity index (χ2n) is 7.19. The van der Waals surface area contributed by atoms with Crippen molar-refractivity contribution in [2.75, 3.05) is 25.0 Å². The molecule has 2 heterocycles. The summed E-state index contributed by atoms with van der Waals surface area (Å²) in [5.41, 5.74) is 1.17. The van der Waals surface area contributed by atoms with Gasteiger partial charge in [0.2, 0.25) is 0 Å². The Kier molecular flexibility index (Phi) is 6.28. The lowest BCUT2D eigenvalue weighted by atomic mass is 10.1. The normalized spacial score (nSPS) is 17.3. The molecule has 3 rings (SSSR count). The Morgan fingerprint density at radius 3 is 2.85 bits per heavy atom. The fourth-order valence-corrected chi connectivity index (χ4v) is 2.96. The predicted molar refractivity (Wildman–Crippen MR) is 103 cm³/mol. The minimum absolute atomic E-state index is 0.194. The lowest BCUT2D eigenvalue weighted by Gasteiger charge is -2.22. The Labute approximate surface area is 154 Å². The molecule has 1 saturated heterocycles. The van der Waals surface area contributed by atoms with Crippen LogP contribution in [0, 0.1) is 5.92 Å². The number of hydrogen-bond donors (Lipinski definition) is 2. The number of hydrogen-bond acceptors (Lipinski definition) is 4. The van der Waals surface area contributed by atoms with Crippen molar-refractivity contribution in [2.24, 2.45) is 5.92 Å². The number of anilines is 1. The summed E-state index contributed by atoms with van der Waals surface area (Å²) in [5.74, 6) is 1.25. The third kappa shape index (κ3) is 5.08. The number of piperidine rings is 1. The van der Waals surface area contributed by atoms with Crippen LogP contribution in [0.5, 0.6) is 5.75 Å². The molecule has 1 aliphatic heterocycles. The second kappa shape index (κ2) is 8.85. The molecule has 0 saturated carbocycles. The van der Waals surface area contributed by atoms with E-state index in [9.17, 15) is 4.79 Å². The van der Waals surface area contributed by atoms with Gasteiger partial charge in [0.15, 0.2) is 5.69 Å². The van der Waals surface area contributed by atoms with Gasteiger partial charge in [-0.1, -0.05) is 13.8 Å². The van der Waals surface area contributed by atoms with Gasteiger partial charge in [0, 0.05) is 18.4 Å². The first-order chi connectivity index (χ1) is 12.6. The Bertz CT molecular complexity index is 703. The minimum atomic E-state index is -0.194. The Morgan fingerprint density at radius 2 is 2.15 bits per heavy atom. The number of aromatic nitrogens is 2. The van der Waals surface area contributed by atoms with E-state index >= 15 is 0 Å². The van der Waals surface area contributed by atoms with Crippen LogP contribution in [0.2, 0.25) is 0 Å². The summed E-state index contributed by atoms with van der Waals surface area (Å²) in [6.07, 6.45) is 5.14. The first-order valence-electron chi connectivity index (χ1n) is 9.42. The van der Waals surface area contributed by atoms with Crippen LogP contribution in [0.15, 0.2) is 36.5 Å². The number of nitrogens with one attached hydrogen (secondary N) is 2. The smallest absolute Gasteiger partial charge is 0.276 e. The molecule has 1 unspecified atom stereocenters. The van der Waals surface area contributed by atoms with Crippen molar-refractivity contribution in [3.8, 4) is 5.75 Å². The zero-order valence-corrected chi connectivity index (χ0v) is 15.6. The summed E-state index contributed by atoms with van der Waals surface area (Å²) >= 11 is 0. The molecule has 6 nitrogen and oxygen atoms in total. The topological polar surface area (TPSA) is 68.2 Å². The molecule has 2 N–H and O–H groups in total. The number of rotatable bonds is 7. The van der Waals surface area contributed by atoms with E-state index < -0.39 is 0 Å². The molecule has 0 aliphatic carbocycles. The molecule has 6 heteroatoms. The molecule has 1 atom stereocenters. The Morgan fingerprint density at radius 1 is 1.35 bits per heavy atom. The maximum Gasteiger partial charge on any atom is 0.276 e. The minimum Gasteiger partial charge on any atom is -0.494 e. The number of amides is 1. The van der Waals surface area contributed by atoms with E-state index in [0.717, 1.165) is 43.8 Å². The summed E-state index contributed by atoms with van der Waals surface area (Å²) in [5, 5.41) is 10.7. The number of benzene rings is 1. The van der Waals surface area contributed by atoms with Crippen molar-refractivity contribution in [3.05, 3.63) is 42.2 Å². The van der Waals surface area contributed by atoms with Gasteiger partial charge in [0.1, 0.15) is 5.75 Å². The monoisotopic (exact) mass is 356 g/mol. The van der Waals surface area contributed by atoms with E-state index in [1.54, 1.807) is 6.07 Å². The average molecular weight is 356 g/mol. The van der Waals surface area contributed by atoms with Crippen molar-refractivity contribution >= 4 is 11.6 Å². The van der Waals surface area contributed by atoms with Crippen LogP contribution in [0.4, 0.5) is 5.69 Å². The van der Waals surface area contributed by atoms with Gasteiger partial charge >= 0.3 is 0 Å². The molecule has 1 amide bonds. The highest BCUT2D eigenvalue weighted by atomic mass is 16.5. The van der Waals surface area contributed by atoms with E-state index in [-0.39, 0.29) is 5.91 Å². The van der Waals surface area contributed by atoms with Gasteiger partial charge < -0.3 is 15.4 Å². The molecule has 1 aliphatic rings. The third-order valence-electron chi connectivity index (χ3n) is 4.56. The van der Waals surface area contributed by atoms with E-state index in [1.807, 2.05) is 35.1 Å². The van der Waals surface area contributed by atoms with Crippen LogP contribution in [0.1, 0.15) is 49.6 Å². The molecule has 140 valence electrons. The van der Waals surface area contributed by atoms with E-state index in [2.05, 4.69) is 29.6 Å². The maximum atomic E-state index is 12.4. The highest BCUT2D eigenvalue weighted by molar-refractivity contribution is 6.02. The van der Waals surface area contributed by atoms with Crippen molar-refractivity contribution in [1.29, 1.82) is 0 Å². The van der Waals surface area contributed by atoms with E-state index in [0.29, 0.717) is 24.3 Å². The lowest BCUT2D eigenvalue weighted by molar-refractivity contribution is 0.102. The fraction of sp³-hybridized carbons (Fsp3) is 0.500. The molecular weight excluding hydrogens is 328 g/mol. The van der Waals surface area contributed by atoms with Crippen LogP contribution in [0.25, 0.3) is 0 Å². The Hall–Kier alpha value is -2.34. The van der Waals surface area contributed by atoms with Crippen LogP contribution < -0.4 is 15.4 Å². The number of carbonyl (C=O) groups is 1. The van der Waals surface area contributed by atoms with Crippen LogP contribution >= 0.6 is 0 Å². The number of carbonyl (C=O) groups excluding carboxylic acids is 1. The quantitative estimate of drug-likeness (QED) is 0.797. The zero-order chi connectivity index (χ0) is 18.4. The molecule has 0 radical (unpaired) electrons. The highest BCUT2D eigenvalue weighted by Crippen LogP contribution is 2.18. The van der Waals surface area contributed by atoms with Crippen molar-refractivity contribution in [3.63, 3.8) is 0 Å². The number of nitrogens with zero attached hydrogens (tertiary/aromatic N) is 2. The molecule has 0 bridgehead atoms. The molecule has 0 spiro atoms. The van der Waals surface area contributed by atoms with Gasteiger partial charge in [0.05, 0.1) is 12.6 Å². The molecular formula is C20H28N4O2. The first kappa shape index (κ1) is 18.5. The Balaban J connectivity index is 1.53. The van der Waals surface area contributed by atoms with Crippen LogP contribution in [0.3, 0.4) is 0 Å². The van der Waals surface area contributed by atoms with Gasteiger partial charge in [-0.3, -0.25) is 9.48 Å². The van der Waals surface area contributed by atoms with Gasteiger partial charge in [-0.2, -0.15) is 5.10 Å². The molecule has 2 aromatic rings. The van der Waals surface area contributed by atoms with Gasteiger partial charge in [-0.25, -0.2) is 0 Å². The molecule has 1 fully saturated rings. The summed E-state index contributed by atoms with van der Waals surface area (Å²) in [6.45, 7) is 7.02. The van der Waals surface area contributed by atoms with Gasteiger partial charge in [0.25, 0.3) is 5.91 Å². The average Bonchev–Trinajstić information content (AvgIpc) is 3.14. The standard InChI is InChI=1S/C20H28N4O2/c1-15(2)10-13-26-18-7-5-16(6-8-18)22-20(25)19-9-12-24(23-19)17-4-3-11-21-14-17/h5-9,12,15,17,21H,3-4,10-11,13-14H2,1-2H3,(H,22,25). The van der Waals surface area contributed by atoms with Crippen molar-refractivity contribution in [1.82, 2.24) is 15.1 Å². The fourth-order valence-electron chi connectivity index (χ4n) is 2.96. The summed E-state index contributed by atoms with van der Waals surface area (Å²) in [6, 6.07) is 9.56. The summed E-state index contributed by atoms with van der Waals surface area (Å²) in [7, 11) is 0.